The highest BCUT2D eigenvalue weighted by atomic mass is 14.9. The molecule has 18 heavy (non-hydrogen) atoms. The molecule has 0 saturated carbocycles. The van der Waals surface area contributed by atoms with Crippen molar-refractivity contribution in [3.63, 3.8) is 0 Å². The van der Waals surface area contributed by atoms with Crippen LogP contribution in [0.5, 0.6) is 0 Å². The van der Waals surface area contributed by atoms with Gasteiger partial charge in [-0.15, -0.1) is 0 Å². The summed E-state index contributed by atoms with van der Waals surface area (Å²) >= 11 is 0. The molecule has 3 heteroatoms. The summed E-state index contributed by atoms with van der Waals surface area (Å²) in [4.78, 5) is 9.13. The van der Waals surface area contributed by atoms with Gasteiger partial charge >= 0.3 is 0 Å². The van der Waals surface area contributed by atoms with Crippen molar-refractivity contribution in [3.05, 3.63) is 48.4 Å². The average Bonchev–Trinajstić information content (AvgIpc) is 2.49. The quantitative estimate of drug-likeness (QED) is 0.875. The molecule has 3 nitrogen and oxygen atoms in total. The maximum atomic E-state index is 4.59. The molecule has 0 atom stereocenters. The first-order valence-corrected chi connectivity index (χ1v) is 6.52. The molecule has 92 valence electrons. The molecule has 0 amide bonds. The van der Waals surface area contributed by atoms with Crippen LogP contribution in [0.2, 0.25) is 0 Å². The number of nitrogens with zero attached hydrogens (tertiary/aromatic N) is 2. The highest BCUT2D eigenvalue weighted by molar-refractivity contribution is 5.61. The highest BCUT2D eigenvalue weighted by Crippen LogP contribution is 2.30. The summed E-state index contributed by atoms with van der Waals surface area (Å²) in [6, 6.07) is 10.3. The number of piperidine rings is 1. The summed E-state index contributed by atoms with van der Waals surface area (Å²) in [7, 11) is 0. The van der Waals surface area contributed by atoms with Crippen molar-refractivity contribution in [1.82, 2.24) is 15.3 Å². The molecule has 1 fully saturated rings. The van der Waals surface area contributed by atoms with Crippen LogP contribution in [0.15, 0.2) is 42.7 Å². The van der Waals surface area contributed by atoms with E-state index in [-0.39, 0.29) is 0 Å². The van der Waals surface area contributed by atoms with Crippen LogP contribution in [0.4, 0.5) is 0 Å². The van der Waals surface area contributed by atoms with Crippen molar-refractivity contribution in [2.24, 2.45) is 0 Å². The Kier molecular flexibility index (Phi) is 3.33. The normalized spacial score (nSPS) is 16.7. The summed E-state index contributed by atoms with van der Waals surface area (Å²) < 4.78 is 0. The van der Waals surface area contributed by atoms with E-state index in [0.717, 1.165) is 37.3 Å². The Hall–Kier alpha value is -1.74. The molecule has 0 radical (unpaired) electrons. The molecule has 1 saturated heterocycles. The Labute approximate surface area is 107 Å². The van der Waals surface area contributed by atoms with E-state index in [1.54, 1.807) is 6.20 Å². The lowest BCUT2D eigenvalue weighted by Crippen LogP contribution is -2.27. The van der Waals surface area contributed by atoms with Crippen molar-refractivity contribution in [1.29, 1.82) is 0 Å². The third-order valence-corrected chi connectivity index (χ3v) is 3.50. The molecule has 1 N–H and O–H groups in total. The van der Waals surface area contributed by atoms with Crippen molar-refractivity contribution in [2.45, 2.75) is 18.8 Å². The first-order chi connectivity index (χ1) is 8.95. The van der Waals surface area contributed by atoms with Crippen LogP contribution >= 0.6 is 0 Å². The lowest BCUT2D eigenvalue weighted by Gasteiger charge is -2.23. The van der Waals surface area contributed by atoms with E-state index < -0.39 is 0 Å². The van der Waals surface area contributed by atoms with Crippen LogP contribution in [0.3, 0.4) is 0 Å². The van der Waals surface area contributed by atoms with Gasteiger partial charge in [-0.2, -0.15) is 0 Å². The van der Waals surface area contributed by atoms with Crippen molar-refractivity contribution in [2.75, 3.05) is 13.1 Å². The standard InChI is InChI=1S/C15H17N3/c1-2-4-12(5-3-1)14-15(18-11-10-17-14)13-6-8-16-9-7-13/h1-5,10-11,13,16H,6-9H2. The van der Waals surface area contributed by atoms with Gasteiger partial charge in [0.25, 0.3) is 0 Å². The summed E-state index contributed by atoms with van der Waals surface area (Å²) in [5.41, 5.74) is 3.37. The van der Waals surface area contributed by atoms with Crippen LogP contribution in [0, 0.1) is 0 Å². The van der Waals surface area contributed by atoms with Crippen molar-refractivity contribution < 1.29 is 0 Å². The van der Waals surface area contributed by atoms with Crippen molar-refractivity contribution >= 4 is 0 Å². The van der Waals surface area contributed by atoms with Gasteiger partial charge in [-0.25, -0.2) is 0 Å². The number of benzene rings is 1. The zero-order valence-electron chi connectivity index (χ0n) is 10.3. The molecular formula is C15H17N3. The minimum atomic E-state index is 0.537. The molecule has 0 bridgehead atoms. The second kappa shape index (κ2) is 5.27. The molecule has 0 spiro atoms. The van der Waals surface area contributed by atoms with Gasteiger partial charge in [-0.1, -0.05) is 30.3 Å². The summed E-state index contributed by atoms with van der Waals surface area (Å²) in [5, 5.41) is 3.40. The predicted octanol–water partition coefficient (Wildman–Crippen LogP) is 2.61. The SMILES string of the molecule is c1ccc(-c2nccnc2C2CCNCC2)cc1. The maximum Gasteiger partial charge on any atom is 0.0920 e. The predicted molar refractivity (Wildman–Crippen MR) is 72.3 cm³/mol. The van der Waals surface area contributed by atoms with Crippen LogP contribution in [0.25, 0.3) is 11.3 Å². The molecule has 1 aromatic heterocycles. The highest BCUT2D eigenvalue weighted by Gasteiger charge is 2.20. The Balaban J connectivity index is 1.99. The second-order valence-electron chi connectivity index (χ2n) is 4.68. The Morgan fingerprint density at radius 1 is 0.944 bits per heavy atom. The maximum absolute atomic E-state index is 4.59. The second-order valence-corrected chi connectivity index (χ2v) is 4.68. The molecule has 0 unspecified atom stereocenters. The Bertz CT molecular complexity index is 504. The zero-order chi connectivity index (χ0) is 12.2. The number of hydrogen-bond donors (Lipinski definition) is 1. The average molecular weight is 239 g/mol. The van der Waals surface area contributed by atoms with E-state index >= 15 is 0 Å². The molecule has 3 rings (SSSR count). The first-order valence-electron chi connectivity index (χ1n) is 6.52. The minimum absolute atomic E-state index is 0.537. The summed E-state index contributed by atoms with van der Waals surface area (Å²) in [6.45, 7) is 2.16. The van der Waals surface area contributed by atoms with Crippen LogP contribution < -0.4 is 5.32 Å². The smallest absolute Gasteiger partial charge is 0.0920 e. The third kappa shape index (κ3) is 2.27. The van der Waals surface area contributed by atoms with Crippen LogP contribution in [0.1, 0.15) is 24.5 Å². The van der Waals surface area contributed by atoms with E-state index in [2.05, 4.69) is 39.6 Å². The Morgan fingerprint density at radius 3 is 2.44 bits per heavy atom. The molecule has 0 aliphatic carbocycles. The fourth-order valence-electron chi connectivity index (χ4n) is 2.56. The van der Waals surface area contributed by atoms with E-state index in [9.17, 15) is 0 Å². The van der Waals surface area contributed by atoms with Gasteiger partial charge < -0.3 is 5.32 Å². The van der Waals surface area contributed by atoms with Gasteiger partial charge in [0.2, 0.25) is 0 Å². The molecular weight excluding hydrogens is 222 g/mol. The number of aromatic nitrogens is 2. The Morgan fingerprint density at radius 2 is 1.67 bits per heavy atom. The molecule has 2 heterocycles. The largest absolute Gasteiger partial charge is 0.317 e. The van der Waals surface area contributed by atoms with Gasteiger partial charge in [0.15, 0.2) is 0 Å². The number of hydrogen-bond acceptors (Lipinski definition) is 3. The number of rotatable bonds is 2. The van der Waals surface area contributed by atoms with Crippen molar-refractivity contribution in [3.8, 4) is 11.3 Å². The lowest BCUT2D eigenvalue weighted by molar-refractivity contribution is 0.453. The zero-order valence-corrected chi connectivity index (χ0v) is 10.3. The fourth-order valence-corrected chi connectivity index (χ4v) is 2.56. The monoisotopic (exact) mass is 239 g/mol. The van der Waals surface area contributed by atoms with Crippen LogP contribution in [-0.2, 0) is 0 Å². The molecule has 1 aromatic carbocycles. The van der Waals surface area contributed by atoms with Gasteiger partial charge in [-0.05, 0) is 25.9 Å². The first kappa shape index (κ1) is 11.4. The van der Waals surface area contributed by atoms with Gasteiger partial charge in [-0.3, -0.25) is 9.97 Å². The molecule has 1 aliphatic heterocycles. The molecule has 1 aliphatic rings. The van der Waals surface area contributed by atoms with E-state index in [4.69, 9.17) is 0 Å². The van der Waals surface area contributed by atoms with Gasteiger partial charge in [0, 0.05) is 23.9 Å². The summed E-state index contributed by atoms with van der Waals surface area (Å²) in [6.07, 6.45) is 5.90. The van der Waals surface area contributed by atoms with Gasteiger partial charge in [0.05, 0.1) is 11.4 Å². The topological polar surface area (TPSA) is 37.8 Å². The molecule has 2 aromatic rings. The van der Waals surface area contributed by atoms with E-state index in [0.29, 0.717) is 5.92 Å². The van der Waals surface area contributed by atoms with E-state index in [1.165, 1.54) is 5.56 Å². The minimum Gasteiger partial charge on any atom is -0.317 e. The van der Waals surface area contributed by atoms with Crippen LogP contribution in [-0.4, -0.2) is 23.1 Å². The fraction of sp³-hybridized carbons (Fsp3) is 0.333. The number of nitrogens with one attached hydrogen (secondary N) is 1. The third-order valence-electron chi connectivity index (χ3n) is 3.50. The summed E-state index contributed by atoms with van der Waals surface area (Å²) in [5.74, 6) is 0.537. The lowest BCUT2D eigenvalue weighted by atomic mass is 9.91. The van der Waals surface area contributed by atoms with Gasteiger partial charge in [0.1, 0.15) is 0 Å². The van der Waals surface area contributed by atoms with E-state index in [1.807, 2.05) is 12.3 Å².